The minimum atomic E-state index is 0.226. The van der Waals surface area contributed by atoms with E-state index in [4.69, 9.17) is 4.52 Å². The molecule has 0 bridgehead atoms. The molecule has 106 valence electrons. The second-order valence-corrected chi connectivity index (χ2v) is 5.35. The van der Waals surface area contributed by atoms with Crippen LogP contribution in [0.5, 0.6) is 0 Å². The van der Waals surface area contributed by atoms with Crippen LogP contribution in [0.25, 0.3) is 11.3 Å². The van der Waals surface area contributed by atoms with Crippen LogP contribution in [0.1, 0.15) is 25.0 Å². The molecule has 1 fully saturated rings. The molecule has 20 heavy (non-hydrogen) atoms. The van der Waals surface area contributed by atoms with E-state index in [-0.39, 0.29) is 12.6 Å². The van der Waals surface area contributed by atoms with Crippen LogP contribution in [-0.2, 0) is 6.54 Å². The topological polar surface area (TPSA) is 49.5 Å². The third-order valence-corrected chi connectivity index (χ3v) is 3.94. The van der Waals surface area contributed by atoms with E-state index in [1.165, 1.54) is 12.8 Å². The Labute approximate surface area is 119 Å². The first-order chi connectivity index (χ1) is 9.86. The molecule has 4 heteroatoms. The number of benzene rings is 1. The summed E-state index contributed by atoms with van der Waals surface area (Å²) in [7, 11) is 0. The second-order valence-electron chi connectivity index (χ2n) is 5.35. The SMILES string of the molecule is OCC1CCCCN1Cc1cc(-c2ccccc2)on1. The van der Waals surface area contributed by atoms with E-state index in [0.717, 1.165) is 36.5 Å². The highest BCUT2D eigenvalue weighted by molar-refractivity contribution is 5.56. The zero-order chi connectivity index (χ0) is 13.8. The molecule has 1 unspecified atom stereocenters. The van der Waals surface area contributed by atoms with E-state index in [0.29, 0.717) is 0 Å². The van der Waals surface area contributed by atoms with Crippen molar-refractivity contribution in [2.75, 3.05) is 13.2 Å². The third kappa shape index (κ3) is 2.92. The van der Waals surface area contributed by atoms with Gasteiger partial charge in [-0.05, 0) is 19.4 Å². The minimum absolute atomic E-state index is 0.226. The summed E-state index contributed by atoms with van der Waals surface area (Å²) in [5.41, 5.74) is 1.98. The van der Waals surface area contributed by atoms with Crippen LogP contribution >= 0.6 is 0 Å². The Morgan fingerprint density at radius 2 is 2.10 bits per heavy atom. The first-order valence-corrected chi connectivity index (χ1v) is 7.23. The molecular weight excluding hydrogens is 252 g/mol. The molecule has 1 aromatic heterocycles. The summed E-state index contributed by atoms with van der Waals surface area (Å²) in [6, 6.07) is 12.3. The van der Waals surface area contributed by atoms with Crippen LogP contribution in [0.15, 0.2) is 40.9 Å². The zero-order valence-electron chi connectivity index (χ0n) is 11.5. The van der Waals surface area contributed by atoms with E-state index in [1.54, 1.807) is 0 Å². The summed E-state index contributed by atoms with van der Waals surface area (Å²) in [6.07, 6.45) is 3.47. The summed E-state index contributed by atoms with van der Waals surface area (Å²) in [6.45, 7) is 2.00. The van der Waals surface area contributed by atoms with Crippen molar-refractivity contribution in [3.05, 3.63) is 42.1 Å². The second kappa shape index (κ2) is 6.20. The average Bonchev–Trinajstić information content (AvgIpc) is 2.97. The Balaban J connectivity index is 1.71. The molecule has 3 rings (SSSR count). The van der Waals surface area contributed by atoms with Crippen LogP contribution in [0, 0.1) is 0 Å². The highest BCUT2D eigenvalue weighted by atomic mass is 16.5. The van der Waals surface area contributed by atoms with Gasteiger partial charge in [0.2, 0.25) is 0 Å². The predicted octanol–water partition coefficient (Wildman–Crippen LogP) is 2.69. The van der Waals surface area contributed by atoms with Crippen LogP contribution < -0.4 is 0 Å². The summed E-state index contributed by atoms with van der Waals surface area (Å²) >= 11 is 0. The van der Waals surface area contributed by atoms with Gasteiger partial charge in [0.25, 0.3) is 0 Å². The number of aliphatic hydroxyl groups excluding tert-OH is 1. The fourth-order valence-electron chi connectivity index (χ4n) is 2.81. The highest BCUT2D eigenvalue weighted by Crippen LogP contribution is 2.23. The third-order valence-electron chi connectivity index (χ3n) is 3.94. The van der Waals surface area contributed by atoms with Gasteiger partial charge in [-0.1, -0.05) is 41.9 Å². The van der Waals surface area contributed by atoms with Gasteiger partial charge in [0.15, 0.2) is 5.76 Å². The minimum Gasteiger partial charge on any atom is -0.395 e. The van der Waals surface area contributed by atoms with E-state index in [9.17, 15) is 5.11 Å². The molecule has 0 spiro atoms. The maximum atomic E-state index is 9.44. The summed E-state index contributed by atoms with van der Waals surface area (Å²) in [5, 5.41) is 13.6. The van der Waals surface area contributed by atoms with Gasteiger partial charge in [0, 0.05) is 24.2 Å². The Morgan fingerprint density at radius 1 is 1.25 bits per heavy atom. The first kappa shape index (κ1) is 13.3. The van der Waals surface area contributed by atoms with Crippen LogP contribution in [0.4, 0.5) is 0 Å². The molecule has 1 N–H and O–H groups in total. The van der Waals surface area contributed by atoms with Gasteiger partial charge in [-0.2, -0.15) is 0 Å². The molecule has 4 nitrogen and oxygen atoms in total. The Hall–Kier alpha value is -1.65. The highest BCUT2D eigenvalue weighted by Gasteiger charge is 2.22. The standard InChI is InChI=1S/C16H20N2O2/c19-12-15-8-4-5-9-18(15)11-14-10-16(20-17-14)13-6-2-1-3-7-13/h1-3,6-7,10,15,19H,4-5,8-9,11-12H2. The number of aromatic nitrogens is 1. The van der Waals surface area contributed by atoms with Gasteiger partial charge < -0.3 is 9.63 Å². The van der Waals surface area contributed by atoms with Crippen molar-refractivity contribution in [3.8, 4) is 11.3 Å². The molecule has 0 aliphatic carbocycles. The van der Waals surface area contributed by atoms with Gasteiger partial charge in [-0.25, -0.2) is 0 Å². The molecule has 2 aromatic rings. The maximum absolute atomic E-state index is 9.44. The number of piperidine rings is 1. The number of aliphatic hydroxyl groups is 1. The molecule has 2 heterocycles. The Bertz CT molecular complexity index is 538. The van der Waals surface area contributed by atoms with Gasteiger partial charge in [0.1, 0.15) is 0 Å². The predicted molar refractivity (Wildman–Crippen MR) is 77.1 cm³/mol. The lowest BCUT2D eigenvalue weighted by Crippen LogP contribution is -2.41. The van der Waals surface area contributed by atoms with Gasteiger partial charge in [0.05, 0.1) is 12.3 Å². The first-order valence-electron chi connectivity index (χ1n) is 7.23. The molecule has 1 saturated heterocycles. The molecule has 0 radical (unpaired) electrons. The number of hydrogen-bond donors (Lipinski definition) is 1. The van der Waals surface area contributed by atoms with Crippen molar-refractivity contribution in [2.45, 2.75) is 31.8 Å². The van der Waals surface area contributed by atoms with Crippen molar-refractivity contribution < 1.29 is 9.63 Å². The van der Waals surface area contributed by atoms with Crippen molar-refractivity contribution >= 4 is 0 Å². The largest absolute Gasteiger partial charge is 0.395 e. The van der Waals surface area contributed by atoms with Gasteiger partial charge in [-0.3, -0.25) is 4.90 Å². The van der Waals surface area contributed by atoms with Crippen molar-refractivity contribution in [1.29, 1.82) is 0 Å². The number of rotatable bonds is 4. The molecule has 0 saturated carbocycles. The molecule has 1 aromatic carbocycles. The molecular formula is C16H20N2O2. The smallest absolute Gasteiger partial charge is 0.167 e. The fourth-order valence-corrected chi connectivity index (χ4v) is 2.81. The quantitative estimate of drug-likeness (QED) is 0.929. The van der Waals surface area contributed by atoms with Gasteiger partial charge in [-0.15, -0.1) is 0 Å². The molecule has 1 aliphatic rings. The lowest BCUT2D eigenvalue weighted by Gasteiger charge is -2.33. The van der Waals surface area contributed by atoms with Gasteiger partial charge >= 0.3 is 0 Å². The maximum Gasteiger partial charge on any atom is 0.167 e. The van der Waals surface area contributed by atoms with E-state index in [2.05, 4.69) is 10.1 Å². The fraction of sp³-hybridized carbons (Fsp3) is 0.438. The zero-order valence-corrected chi connectivity index (χ0v) is 11.5. The number of likely N-dealkylation sites (tertiary alicyclic amines) is 1. The molecule has 0 amide bonds. The number of hydrogen-bond acceptors (Lipinski definition) is 4. The van der Waals surface area contributed by atoms with E-state index >= 15 is 0 Å². The van der Waals surface area contributed by atoms with Crippen LogP contribution in [0.3, 0.4) is 0 Å². The normalized spacial score (nSPS) is 20.1. The molecule has 1 aliphatic heterocycles. The van der Waals surface area contributed by atoms with E-state index in [1.807, 2.05) is 36.4 Å². The monoisotopic (exact) mass is 272 g/mol. The lowest BCUT2D eigenvalue weighted by molar-refractivity contribution is 0.0822. The van der Waals surface area contributed by atoms with E-state index < -0.39 is 0 Å². The number of nitrogens with zero attached hydrogens (tertiary/aromatic N) is 2. The van der Waals surface area contributed by atoms with Crippen molar-refractivity contribution in [2.24, 2.45) is 0 Å². The van der Waals surface area contributed by atoms with Crippen LogP contribution in [0.2, 0.25) is 0 Å². The summed E-state index contributed by atoms with van der Waals surface area (Å²) in [5.74, 6) is 0.804. The summed E-state index contributed by atoms with van der Waals surface area (Å²) < 4.78 is 5.42. The Morgan fingerprint density at radius 3 is 2.90 bits per heavy atom. The van der Waals surface area contributed by atoms with Crippen molar-refractivity contribution in [3.63, 3.8) is 0 Å². The summed E-state index contributed by atoms with van der Waals surface area (Å²) in [4.78, 5) is 2.30. The molecule has 1 atom stereocenters. The Kier molecular flexibility index (Phi) is 4.14. The average molecular weight is 272 g/mol. The van der Waals surface area contributed by atoms with Crippen molar-refractivity contribution in [1.82, 2.24) is 10.1 Å². The lowest BCUT2D eigenvalue weighted by atomic mass is 10.0. The van der Waals surface area contributed by atoms with Crippen LogP contribution in [-0.4, -0.2) is 34.4 Å².